The van der Waals surface area contributed by atoms with Crippen molar-refractivity contribution in [3.05, 3.63) is 29.3 Å². The highest BCUT2D eigenvalue weighted by atomic mass is 35.5. The number of benzene rings is 1. The van der Waals surface area contributed by atoms with Crippen molar-refractivity contribution < 1.29 is 14.9 Å². The Labute approximate surface area is 110 Å². The molecule has 0 spiro atoms. The standard InChI is InChI=1S/C12H14ClN3O2/c13-8-1-3-9(4-2-8)16-11(17)7-10-12(18)15-6-5-14-10/h1-4,10,14H,5-7H2,(H,15,18)(H,16,17)/p+1/t10-/m1/s1. The fraction of sp³-hybridized carbons (Fsp3) is 0.333. The summed E-state index contributed by atoms with van der Waals surface area (Å²) in [6.07, 6.45) is 0.175. The van der Waals surface area contributed by atoms with Crippen LogP contribution in [-0.2, 0) is 9.59 Å². The van der Waals surface area contributed by atoms with E-state index in [-0.39, 0.29) is 24.3 Å². The quantitative estimate of drug-likeness (QED) is 0.706. The molecule has 6 heteroatoms. The van der Waals surface area contributed by atoms with Gasteiger partial charge in [-0.2, -0.15) is 0 Å². The van der Waals surface area contributed by atoms with Gasteiger partial charge < -0.3 is 16.0 Å². The summed E-state index contributed by atoms with van der Waals surface area (Å²) in [6, 6.07) is 6.54. The summed E-state index contributed by atoms with van der Waals surface area (Å²) in [6.45, 7) is 1.47. The topological polar surface area (TPSA) is 74.8 Å². The number of carbonyl (C=O) groups excluding carboxylic acids is 2. The molecule has 18 heavy (non-hydrogen) atoms. The molecule has 1 atom stereocenters. The number of quaternary nitrogens is 1. The van der Waals surface area contributed by atoms with Gasteiger partial charge >= 0.3 is 0 Å². The van der Waals surface area contributed by atoms with Gasteiger partial charge in [-0.15, -0.1) is 0 Å². The van der Waals surface area contributed by atoms with Crippen molar-refractivity contribution in [2.24, 2.45) is 0 Å². The van der Waals surface area contributed by atoms with Gasteiger partial charge in [-0.3, -0.25) is 9.59 Å². The van der Waals surface area contributed by atoms with E-state index < -0.39 is 0 Å². The van der Waals surface area contributed by atoms with E-state index in [0.29, 0.717) is 17.3 Å². The van der Waals surface area contributed by atoms with Crippen molar-refractivity contribution >= 4 is 29.1 Å². The molecule has 5 nitrogen and oxygen atoms in total. The predicted molar refractivity (Wildman–Crippen MR) is 68.3 cm³/mol. The zero-order valence-corrected chi connectivity index (χ0v) is 10.5. The third-order valence-corrected chi connectivity index (χ3v) is 3.02. The van der Waals surface area contributed by atoms with Gasteiger partial charge in [-0.1, -0.05) is 11.6 Å². The molecule has 0 bridgehead atoms. The fourth-order valence-electron chi connectivity index (χ4n) is 1.84. The van der Waals surface area contributed by atoms with Crippen molar-refractivity contribution in [1.29, 1.82) is 0 Å². The van der Waals surface area contributed by atoms with Crippen LogP contribution in [0.3, 0.4) is 0 Å². The van der Waals surface area contributed by atoms with E-state index in [1.54, 1.807) is 24.3 Å². The second-order valence-electron chi connectivity index (χ2n) is 4.18. The molecule has 0 saturated carbocycles. The normalized spacial score (nSPS) is 19.2. The van der Waals surface area contributed by atoms with Gasteiger partial charge in [0.2, 0.25) is 5.91 Å². The van der Waals surface area contributed by atoms with Crippen LogP contribution in [0.5, 0.6) is 0 Å². The smallest absolute Gasteiger partial charge is 0.278 e. The first-order valence-electron chi connectivity index (χ1n) is 5.81. The number of hydrogen-bond acceptors (Lipinski definition) is 2. The molecule has 4 N–H and O–H groups in total. The van der Waals surface area contributed by atoms with Crippen LogP contribution in [0.4, 0.5) is 5.69 Å². The number of nitrogens with one attached hydrogen (secondary N) is 2. The Bertz CT molecular complexity index is 447. The van der Waals surface area contributed by atoms with E-state index in [9.17, 15) is 9.59 Å². The summed E-state index contributed by atoms with van der Waals surface area (Å²) < 4.78 is 0. The largest absolute Gasteiger partial charge is 0.345 e. The summed E-state index contributed by atoms with van der Waals surface area (Å²) in [5.41, 5.74) is 0.681. The van der Waals surface area contributed by atoms with Crippen LogP contribution >= 0.6 is 11.6 Å². The average molecular weight is 269 g/mol. The Morgan fingerprint density at radius 1 is 1.44 bits per heavy atom. The van der Waals surface area contributed by atoms with E-state index >= 15 is 0 Å². The number of anilines is 1. The minimum atomic E-state index is -0.328. The third kappa shape index (κ3) is 3.45. The molecule has 2 amide bonds. The molecule has 1 fully saturated rings. The Morgan fingerprint density at radius 3 is 2.83 bits per heavy atom. The molecule has 1 aromatic carbocycles. The van der Waals surface area contributed by atoms with Crippen LogP contribution in [0, 0.1) is 0 Å². The second kappa shape index (κ2) is 5.84. The fourth-order valence-corrected chi connectivity index (χ4v) is 1.97. The lowest BCUT2D eigenvalue weighted by molar-refractivity contribution is -0.678. The number of rotatable bonds is 3. The van der Waals surface area contributed by atoms with Gasteiger partial charge in [0.15, 0.2) is 6.04 Å². The zero-order valence-electron chi connectivity index (χ0n) is 9.78. The highest BCUT2D eigenvalue weighted by molar-refractivity contribution is 6.30. The second-order valence-corrected chi connectivity index (χ2v) is 4.62. The zero-order chi connectivity index (χ0) is 13.0. The molecule has 0 unspecified atom stereocenters. The summed E-state index contributed by atoms with van der Waals surface area (Å²) in [5.74, 6) is -0.247. The Morgan fingerprint density at radius 2 is 2.17 bits per heavy atom. The molecule has 1 saturated heterocycles. The number of amides is 2. The van der Waals surface area contributed by atoms with Gasteiger partial charge in [-0.05, 0) is 24.3 Å². The molecule has 1 aliphatic rings. The van der Waals surface area contributed by atoms with Crippen molar-refractivity contribution in [1.82, 2.24) is 5.32 Å². The molecule has 2 rings (SSSR count). The van der Waals surface area contributed by atoms with Gasteiger partial charge in [0.25, 0.3) is 5.91 Å². The number of carbonyl (C=O) groups is 2. The molecule has 1 aromatic rings. The lowest BCUT2D eigenvalue weighted by atomic mass is 10.1. The molecule has 1 heterocycles. The average Bonchev–Trinajstić information content (AvgIpc) is 2.35. The van der Waals surface area contributed by atoms with E-state index in [0.717, 1.165) is 6.54 Å². The van der Waals surface area contributed by atoms with Crippen LogP contribution in [0.25, 0.3) is 0 Å². The summed E-state index contributed by atoms with van der Waals surface area (Å²) in [7, 11) is 0. The minimum absolute atomic E-state index is 0.0764. The summed E-state index contributed by atoms with van der Waals surface area (Å²) in [5, 5.41) is 7.99. The Kier molecular flexibility index (Phi) is 4.17. The molecular weight excluding hydrogens is 254 g/mol. The maximum absolute atomic E-state index is 11.8. The van der Waals surface area contributed by atoms with E-state index in [4.69, 9.17) is 11.6 Å². The van der Waals surface area contributed by atoms with Crippen molar-refractivity contribution in [2.75, 3.05) is 18.4 Å². The van der Waals surface area contributed by atoms with Gasteiger partial charge in [0.05, 0.1) is 19.5 Å². The van der Waals surface area contributed by atoms with E-state index in [1.165, 1.54) is 0 Å². The molecule has 0 radical (unpaired) electrons. The number of hydrogen-bond donors (Lipinski definition) is 3. The van der Waals surface area contributed by atoms with Gasteiger partial charge in [-0.25, -0.2) is 0 Å². The maximum atomic E-state index is 11.8. The third-order valence-electron chi connectivity index (χ3n) is 2.76. The van der Waals surface area contributed by atoms with Crippen LogP contribution in [0.1, 0.15) is 6.42 Å². The van der Waals surface area contributed by atoms with Gasteiger partial charge in [0.1, 0.15) is 0 Å². The first-order valence-corrected chi connectivity index (χ1v) is 6.19. The van der Waals surface area contributed by atoms with Crippen LogP contribution in [0.2, 0.25) is 5.02 Å². The molecule has 0 aliphatic carbocycles. The van der Waals surface area contributed by atoms with Gasteiger partial charge in [0, 0.05) is 10.7 Å². The Balaban J connectivity index is 1.88. The Hall–Kier alpha value is -1.59. The molecule has 1 aliphatic heterocycles. The predicted octanol–water partition coefficient (Wildman–Crippen LogP) is -0.270. The van der Waals surface area contributed by atoms with E-state index in [2.05, 4.69) is 10.6 Å². The van der Waals surface area contributed by atoms with Crippen LogP contribution < -0.4 is 16.0 Å². The lowest BCUT2D eigenvalue weighted by Crippen LogP contribution is -2.96. The maximum Gasteiger partial charge on any atom is 0.278 e. The highest BCUT2D eigenvalue weighted by Gasteiger charge is 2.27. The van der Waals surface area contributed by atoms with Crippen LogP contribution in [0.15, 0.2) is 24.3 Å². The number of halogens is 1. The molecular formula is C12H15ClN3O2+. The molecule has 96 valence electrons. The van der Waals surface area contributed by atoms with Crippen molar-refractivity contribution in [3.8, 4) is 0 Å². The van der Waals surface area contributed by atoms with Crippen LogP contribution in [-0.4, -0.2) is 30.9 Å². The first kappa shape index (κ1) is 12.9. The molecule has 0 aromatic heterocycles. The number of piperazine rings is 1. The SMILES string of the molecule is O=C(C[C@H]1[NH2+]CCNC1=O)Nc1ccc(Cl)cc1. The summed E-state index contributed by atoms with van der Waals surface area (Å²) >= 11 is 5.75. The van der Waals surface area contributed by atoms with Crippen molar-refractivity contribution in [2.45, 2.75) is 12.5 Å². The highest BCUT2D eigenvalue weighted by Crippen LogP contribution is 2.13. The number of nitrogens with two attached hydrogens (primary N) is 1. The summed E-state index contributed by atoms with van der Waals surface area (Å²) in [4.78, 5) is 23.3. The first-order chi connectivity index (χ1) is 8.65. The van der Waals surface area contributed by atoms with Crippen molar-refractivity contribution in [3.63, 3.8) is 0 Å². The minimum Gasteiger partial charge on any atom is -0.345 e. The lowest BCUT2D eigenvalue weighted by Gasteiger charge is -2.19. The van der Waals surface area contributed by atoms with E-state index in [1.807, 2.05) is 5.32 Å². The monoisotopic (exact) mass is 268 g/mol.